The van der Waals surface area contributed by atoms with E-state index in [1.54, 1.807) is 0 Å². The second kappa shape index (κ2) is 5.61. The van der Waals surface area contributed by atoms with Gasteiger partial charge >= 0.3 is 5.97 Å². The van der Waals surface area contributed by atoms with E-state index in [1.807, 2.05) is 6.92 Å². The van der Waals surface area contributed by atoms with Crippen LogP contribution in [-0.2, 0) is 6.42 Å². The molecule has 0 fully saturated rings. The number of carbonyl (C=O) groups is 1. The molecular formula is C12H17FN2O2. The first kappa shape index (κ1) is 13.4. The highest BCUT2D eigenvalue weighted by Crippen LogP contribution is 2.22. The van der Waals surface area contributed by atoms with Crippen molar-refractivity contribution in [3.8, 4) is 0 Å². The molecule has 0 aliphatic carbocycles. The molecule has 0 atom stereocenters. The molecule has 0 aliphatic heterocycles. The second-order valence-electron chi connectivity index (χ2n) is 4.02. The molecule has 1 aromatic rings. The summed E-state index contributed by atoms with van der Waals surface area (Å²) in [6, 6.07) is 0. The normalized spacial score (nSPS) is 10.5. The minimum Gasteiger partial charge on any atom is -0.477 e. The maximum absolute atomic E-state index is 13.8. The maximum atomic E-state index is 13.8. The Hall–Kier alpha value is -1.65. The van der Waals surface area contributed by atoms with E-state index in [0.717, 1.165) is 19.3 Å². The summed E-state index contributed by atoms with van der Waals surface area (Å²) in [7, 11) is 0. The number of hydrogen-bond donors (Lipinski definition) is 2. The third-order valence-electron chi connectivity index (χ3n) is 2.72. The first-order valence-electron chi connectivity index (χ1n) is 5.66. The summed E-state index contributed by atoms with van der Waals surface area (Å²) in [5, 5.41) is 8.94. The molecule has 3 N–H and O–H groups in total. The minimum atomic E-state index is -1.18. The van der Waals surface area contributed by atoms with E-state index < -0.39 is 11.8 Å². The fourth-order valence-electron chi connectivity index (χ4n) is 1.63. The number of anilines is 1. The molecule has 0 spiro atoms. The van der Waals surface area contributed by atoms with Crippen LogP contribution >= 0.6 is 0 Å². The molecule has 1 heterocycles. The lowest BCUT2D eigenvalue weighted by Crippen LogP contribution is -2.12. The van der Waals surface area contributed by atoms with Crippen LogP contribution in [-0.4, -0.2) is 16.1 Å². The molecule has 17 heavy (non-hydrogen) atoms. The Morgan fingerprint density at radius 1 is 1.47 bits per heavy atom. The average Bonchev–Trinajstić information content (AvgIpc) is 2.29. The molecule has 0 bridgehead atoms. The Bertz CT molecular complexity index is 433. The molecular weight excluding hydrogens is 223 g/mol. The lowest BCUT2D eigenvalue weighted by Gasteiger charge is -2.10. The van der Waals surface area contributed by atoms with Crippen LogP contribution in [0.5, 0.6) is 0 Å². The predicted molar refractivity (Wildman–Crippen MR) is 63.5 cm³/mol. The van der Waals surface area contributed by atoms with Gasteiger partial charge < -0.3 is 10.8 Å². The van der Waals surface area contributed by atoms with Crippen LogP contribution in [0.2, 0.25) is 0 Å². The lowest BCUT2D eigenvalue weighted by molar-refractivity contribution is 0.0689. The number of aromatic carboxylic acids is 1. The largest absolute Gasteiger partial charge is 0.477 e. The molecule has 0 amide bonds. The monoisotopic (exact) mass is 240 g/mol. The topological polar surface area (TPSA) is 76.2 Å². The van der Waals surface area contributed by atoms with Crippen molar-refractivity contribution in [3.63, 3.8) is 0 Å². The molecule has 0 saturated heterocycles. The fourth-order valence-corrected chi connectivity index (χ4v) is 1.63. The minimum absolute atomic E-state index is 0.108. The van der Waals surface area contributed by atoms with Gasteiger partial charge in [-0.15, -0.1) is 0 Å². The van der Waals surface area contributed by atoms with E-state index in [1.165, 1.54) is 6.92 Å². The quantitative estimate of drug-likeness (QED) is 0.775. The number of aromatic nitrogens is 1. The molecule has 1 aromatic heterocycles. The van der Waals surface area contributed by atoms with E-state index in [9.17, 15) is 9.18 Å². The number of nitrogens with two attached hydrogens (primary N) is 1. The molecule has 0 aromatic carbocycles. The average molecular weight is 240 g/mol. The van der Waals surface area contributed by atoms with E-state index in [4.69, 9.17) is 10.8 Å². The highest BCUT2D eigenvalue weighted by atomic mass is 19.1. The number of nitrogen functional groups attached to an aromatic ring is 1. The number of nitrogens with zero attached hydrogens (tertiary/aromatic N) is 1. The van der Waals surface area contributed by atoms with Crippen molar-refractivity contribution in [1.29, 1.82) is 0 Å². The van der Waals surface area contributed by atoms with Gasteiger partial charge in [0.25, 0.3) is 0 Å². The number of rotatable bonds is 5. The zero-order valence-corrected chi connectivity index (χ0v) is 10.1. The number of carboxylic acids is 1. The number of pyridine rings is 1. The molecule has 5 heteroatoms. The highest BCUT2D eigenvalue weighted by molar-refractivity contribution is 5.88. The van der Waals surface area contributed by atoms with Gasteiger partial charge in [-0.05, 0) is 19.8 Å². The summed E-state index contributed by atoms with van der Waals surface area (Å²) in [4.78, 5) is 14.8. The first-order chi connectivity index (χ1) is 7.99. The smallest absolute Gasteiger partial charge is 0.354 e. The number of aryl methyl sites for hydroxylation is 1. The van der Waals surface area contributed by atoms with E-state index in [-0.39, 0.29) is 22.6 Å². The molecule has 0 saturated carbocycles. The van der Waals surface area contributed by atoms with Crippen molar-refractivity contribution in [1.82, 2.24) is 4.98 Å². The maximum Gasteiger partial charge on any atom is 0.354 e. The number of carboxylic acid groups (broad SMARTS) is 1. The van der Waals surface area contributed by atoms with Gasteiger partial charge in [-0.3, -0.25) is 0 Å². The predicted octanol–water partition coefficient (Wildman–Crippen LogP) is 2.54. The van der Waals surface area contributed by atoms with Crippen LogP contribution in [0.1, 0.15) is 47.9 Å². The lowest BCUT2D eigenvalue weighted by atomic mass is 10.1. The standard InChI is InChI=1S/C12H17FN2O2/c1-3-4-5-6-8-9(13)10(14)7(2)11(15-8)12(16)17/h3-6H2,1-2H3,(H2,14,15)(H,16,17). The van der Waals surface area contributed by atoms with Crippen LogP contribution in [0.3, 0.4) is 0 Å². The van der Waals surface area contributed by atoms with Crippen molar-refractivity contribution in [3.05, 3.63) is 22.8 Å². The summed E-state index contributed by atoms with van der Waals surface area (Å²) in [5.41, 5.74) is 5.62. The zero-order valence-electron chi connectivity index (χ0n) is 10.1. The van der Waals surface area contributed by atoms with Crippen LogP contribution in [0.15, 0.2) is 0 Å². The van der Waals surface area contributed by atoms with Gasteiger partial charge in [0.2, 0.25) is 0 Å². The zero-order chi connectivity index (χ0) is 13.0. The molecule has 0 aliphatic rings. The van der Waals surface area contributed by atoms with Gasteiger partial charge in [-0.2, -0.15) is 0 Å². The summed E-state index contributed by atoms with van der Waals surface area (Å²) < 4.78 is 13.8. The second-order valence-corrected chi connectivity index (χ2v) is 4.02. The van der Waals surface area contributed by atoms with E-state index in [2.05, 4.69) is 4.98 Å². The molecule has 1 rings (SSSR count). The van der Waals surface area contributed by atoms with Crippen molar-refractivity contribution in [2.45, 2.75) is 39.5 Å². The van der Waals surface area contributed by atoms with Crippen molar-refractivity contribution in [2.24, 2.45) is 0 Å². The van der Waals surface area contributed by atoms with Crippen LogP contribution in [0.4, 0.5) is 10.1 Å². The van der Waals surface area contributed by atoms with E-state index >= 15 is 0 Å². The van der Waals surface area contributed by atoms with Crippen LogP contribution < -0.4 is 5.73 Å². The SMILES string of the molecule is CCCCCc1nc(C(=O)O)c(C)c(N)c1F. The van der Waals surface area contributed by atoms with Gasteiger partial charge in [0.05, 0.1) is 11.4 Å². The van der Waals surface area contributed by atoms with Gasteiger partial charge in [0.15, 0.2) is 11.5 Å². The molecule has 94 valence electrons. The Morgan fingerprint density at radius 3 is 2.65 bits per heavy atom. The first-order valence-corrected chi connectivity index (χ1v) is 5.66. The van der Waals surface area contributed by atoms with Crippen molar-refractivity contribution >= 4 is 11.7 Å². The van der Waals surface area contributed by atoms with Crippen molar-refractivity contribution < 1.29 is 14.3 Å². The number of halogens is 1. The Balaban J connectivity index is 3.09. The van der Waals surface area contributed by atoms with Gasteiger partial charge in [0, 0.05) is 5.56 Å². The van der Waals surface area contributed by atoms with Gasteiger partial charge in [-0.1, -0.05) is 19.8 Å². The third kappa shape index (κ3) is 2.93. The molecule has 0 radical (unpaired) electrons. The van der Waals surface area contributed by atoms with Crippen molar-refractivity contribution in [2.75, 3.05) is 5.73 Å². The Kier molecular flexibility index (Phi) is 4.43. The Morgan fingerprint density at radius 2 is 2.12 bits per heavy atom. The van der Waals surface area contributed by atoms with E-state index in [0.29, 0.717) is 6.42 Å². The fraction of sp³-hybridized carbons (Fsp3) is 0.500. The molecule has 0 unspecified atom stereocenters. The van der Waals surface area contributed by atoms with Crippen LogP contribution in [0, 0.1) is 12.7 Å². The number of unbranched alkanes of at least 4 members (excludes halogenated alkanes) is 2. The summed E-state index contributed by atoms with van der Waals surface area (Å²) in [6.07, 6.45) is 3.17. The summed E-state index contributed by atoms with van der Waals surface area (Å²) in [6.45, 7) is 3.50. The van der Waals surface area contributed by atoms with Gasteiger partial charge in [-0.25, -0.2) is 14.2 Å². The number of hydrogen-bond acceptors (Lipinski definition) is 3. The third-order valence-corrected chi connectivity index (χ3v) is 2.72. The highest BCUT2D eigenvalue weighted by Gasteiger charge is 2.18. The van der Waals surface area contributed by atoms with Gasteiger partial charge in [0.1, 0.15) is 0 Å². The molecule has 4 nitrogen and oxygen atoms in total. The summed E-state index contributed by atoms with van der Waals surface area (Å²) in [5.74, 6) is -1.76. The van der Waals surface area contributed by atoms with Crippen LogP contribution in [0.25, 0.3) is 0 Å². The summed E-state index contributed by atoms with van der Waals surface area (Å²) >= 11 is 0. The Labute approximate surface area is 99.7 Å².